The molecule has 1 saturated heterocycles. The molecule has 0 atom stereocenters. The minimum absolute atomic E-state index is 0.231. The van der Waals surface area contributed by atoms with Crippen LogP contribution < -0.4 is 10.2 Å². The van der Waals surface area contributed by atoms with Gasteiger partial charge in [0.25, 0.3) is 0 Å². The number of nitrogens with zero attached hydrogens (tertiary/aromatic N) is 4. The summed E-state index contributed by atoms with van der Waals surface area (Å²) in [6.45, 7) is 12.2. The molecule has 1 N–H and O–H groups in total. The smallest absolute Gasteiger partial charge is 0.409 e. The van der Waals surface area contributed by atoms with Crippen molar-refractivity contribution in [2.75, 3.05) is 49.5 Å². The highest BCUT2D eigenvalue weighted by Gasteiger charge is 2.23. The highest BCUT2D eigenvalue weighted by Crippen LogP contribution is 2.17. The number of hydrogen-bond donors (Lipinski definition) is 1. The summed E-state index contributed by atoms with van der Waals surface area (Å²) < 4.78 is 5.05. The van der Waals surface area contributed by atoms with Crippen LogP contribution in [0.25, 0.3) is 0 Å². The summed E-state index contributed by atoms with van der Waals surface area (Å²) in [7, 11) is 0. The van der Waals surface area contributed by atoms with Gasteiger partial charge in [-0.3, -0.25) is 0 Å². The van der Waals surface area contributed by atoms with Crippen molar-refractivity contribution >= 4 is 17.9 Å². The van der Waals surface area contributed by atoms with Gasteiger partial charge in [-0.25, -0.2) is 9.78 Å². The van der Waals surface area contributed by atoms with Gasteiger partial charge in [0.05, 0.1) is 6.61 Å². The van der Waals surface area contributed by atoms with Crippen LogP contribution in [0.4, 0.5) is 16.6 Å². The molecular weight excluding hydrogens is 294 g/mol. The summed E-state index contributed by atoms with van der Waals surface area (Å²) in [5, 5.41) is 3.27. The van der Waals surface area contributed by atoms with Crippen molar-refractivity contribution in [3.05, 3.63) is 11.8 Å². The largest absolute Gasteiger partial charge is 0.450 e. The van der Waals surface area contributed by atoms with Crippen LogP contribution in [0.15, 0.2) is 6.07 Å². The number of amides is 1. The van der Waals surface area contributed by atoms with Crippen molar-refractivity contribution in [3.63, 3.8) is 0 Å². The van der Waals surface area contributed by atoms with E-state index in [2.05, 4.69) is 34.0 Å². The molecule has 0 radical (unpaired) electrons. The molecule has 0 aliphatic carbocycles. The number of ether oxygens (including phenoxy) is 1. The Morgan fingerprint density at radius 2 is 2.00 bits per heavy atom. The minimum atomic E-state index is -0.231. The summed E-state index contributed by atoms with van der Waals surface area (Å²) in [6.07, 6.45) is -0.231. The Morgan fingerprint density at radius 3 is 2.61 bits per heavy atom. The van der Waals surface area contributed by atoms with E-state index >= 15 is 0 Å². The summed E-state index contributed by atoms with van der Waals surface area (Å²) in [5.41, 5.74) is 0.939. The van der Waals surface area contributed by atoms with Gasteiger partial charge in [-0.05, 0) is 19.8 Å². The second-order valence-corrected chi connectivity index (χ2v) is 6.14. The number of carbonyl (C=O) groups excluding carboxylic acids is 1. The SMILES string of the molecule is CCOC(=O)N1CCN(c2cc(C)nc(NCC(C)C)n2)CC1. The first-order valence-corrected chi connectivity index (χ1v) is 8.25. The van der Waals surface area contributed by atoms with E-state index < -0.39 is 0 Å². The monoisotopic (exact) mass is 321 g/mol. The van der Waals surface area contributed by atoms with E-state index in [4.69, 9.17) is 4.74 Å². The molecule has 1 amide bonds. The maximum Gasteiger partial charge on any atom is 0.409 e. The molecule has 1 aliphatic rings. The Kier molecular flexibility index (Phi) is 6.01. The Hall–Kier alpha value is -2.05. The van der Waals surface area contributed by atoms with E-state index in [0.717, 1.165) is 31.1 Å². The highest BCUT2D eigenvalue weighted by atomic mass is 16.6. The first kappa shape index (κ1) is 17.3. The van der Waals surface area contributed by atoms with Crippen LogP contribution in [0.3, 0.4) is 0 Å². The van der Waals surface area contributed by atoms with Crippen LogP contribution in [0.1, 0.15) is 26.5 Å². The van der Waals surface area contributed by atoms with E-state index in [1.165, 1.54) is 0 Å². The lowest BCUT2D eigenvalue weighted by Gasteiger charge is -2.34. The maximum absolute atomic E-state index is 11.7. The molecule has 7 heteroatoms. The number of piperazine rings is 1. The molecule has 1 aliphatic heterocycles. The number of carbonyl (C=O) groups is 1. The van der Waals surface area contributed by atoms with Gasteiger partial charge in [0.1, 0.15) is 5.82 Å². The Bertz CT molecular complexity index is 527. The number of aryl methyl sites for hydroxylation is 1. The third kappa shape index (κ3) is 4.97. The molecule has 23 heavy (non-hydrogen) atoms. The van der Waals surface area contributed by atoms with E-state index in [9.17, 15) is 4.79 Å². The zero-order valence-electron chi connectivity index (χ0n) is 14.5. The molecule has 2 heterocycles. The molecule has 1 aromatic heterocycles. The van der Waals surface area contributed by atoms with Crippen LogP contribution in [0.5, 0.6) is 0 Å². The summed E-state index contributed by atoms with van der Waals surface area (Å²) in [4.78, 5) is 24.7. The molecule has 2 rings (SSSR count). The van der Waals surface area contributed by atoms with E-state index in [0.29, 0.717) is 31.6 Å². The highest BCUT2D eigenvalue weighted by molar-refractivity contribution is 5.68. The summed E-state index contributed by atoms with van der Waals surface area (Å²) >= 11 is 0. The van der Waals surface area contributed by atoms with Gasteiger partial charge in [-0.15, -0.1) is 0 Å². The van der Waals surface area contributed by atoms with Crippen LogP contribution in [-0.4, -0.2) is 60.3 Å². The standard InChI is InChI=1S/C16H27N5O2/c1-5-23-16(22)21-8-6-20(7-9-21)14-10-13(4)18-15(19-14)17-11-12(2)3/h10,12H,5-9,11H2,1-4H3,(H,17,18,19). The molecule has 0 aromatic carbocycles. The average Bonchev–Trinajstić information content (AvgIpc) is 2.53. The van der Waals surface area contributed by atoms with Crippen molar-refractivity contribution in [1.29, 1.82) is 0 Å². The van der Waals surface area contributed by atoms with Gasteiger partial charge in [0.15, 0.2) is 0 Å². The summed E-state index contributed by atoms with van der Waals surface area (Å²) in [6, 6.07) is 1.99. The van der Waals surface area contributed by atoms with Gasteiger partial charge in [0.2, 0.25) is 5.95 Å². The lowest BCUT2D eigenvalue weighted by atomic mass is 10.2. The Morgan fingerprint density at radius 1 is 1.30 bits per heavy atom. The fraction of sp³-hybridized carbons (Fsp3) is 0.688. The fourth-order valence-electron chi connectivity index (χ4n) is 2.42. The fourth-order valence-corrected chi connectivity index (χ4v) is 2.42. The van der Waals surface area contributed by atoms with Gasteiger partial charge >= 0.3 is 6.09 Å². The van der Waals surface area contributed by atoms with Gasteiger partial charge < -0.3 is 19.9 Å². The quantitative estimate of drug-likeness (QED) is 0.896. The number of hydrogen-bond acceptors (Lipinski definition) is 6. The van der Waals surface area contributed by atoms with E-state index in [1.54, 1.807) is 4.90 Å². The predicted molar refractivity (Wildman–Crippen MR) is 90.9 cm³/mol. The predicted octanol–water partition coefficient (Wildman–Crippen LogP) is 2.13. The number of rotatable bonds is 5. The third-order valence-corrected chi connectivity index (χ3v) is 3.64. The van der Waals surface area contributed by atoms with Crippen LogP contribution in [-0.2, 0) is 4.74 Å². The number of aromatic nitrogens is 2. The Balaban J connectivity index is 1.98. The molecule has 128 valence electrons. The molecule has 0 unspecified atom stereocenters. The molecular formula is C16H27N5O2. The third-order valence-electron chi connectivity index (χ3n) is 3.64. The lowest BCUT2D eigenvalue weighted by molar-refractivity contribution is 0.105. The number of nitrogens with one attached hydrogen (secondary N) is 1. The number of anilines is 2. The van der Waals surface area contributed by atoms with Gasteiger partial charge in [0, 0.05) is 44.5 Å². The first-order valence-electron chi connectivity index (χ1n) is 8.25. The first-order chi connectivity index (χ1) is 11.0. The van der Waals surface area contributed by atoms with Gasteiger partial charge in [-0.1, -0.05) is 13.8 Å². The molecule has 1 fully saturated rings. The topological polar surface area (TPSA) is 70.6 Å². The lowest BCUT2D eigenvalue weighted by Crippen LogP contribution is -2.49. The normalized spacial score (nSPS) is 15.0. The van der Waals surface area contributed by atoms with Crippen molar-refractivity contribution in [1.82, 2.24) is 14.9 Å². The van der Waals surface area contributed by atoms with E-state index in [-0.39, 0.29) is 6.09 Å². The zero-order chi connectivity index (χ0) is 16.8. The molecule has 0 bridgehead atoms. The Labute approximate surface area is 138 Å². The van der Waals surface area contributed by atoms with Crippen molar-refractivity contribution in [2.24, 2.45) is 5.92 Å². The zero-order valence-corrected chi connectivity index (χ0v) is 14.5. The van der Waals surface area contributed by atoms with Gasteiger partial charge in [-0.2, -0.15) is 4.98 Å². The van der Waals surface area contributed by atoms with Crippen molar-refractivity contribution in [3.8, 4) is 0 Å². The average molecular weight is 321 g/mol. The molecule has 7 nitrogen and oxygen atoms in total. The van der Waals surface area contributed by atoms with Crippen molar-refractivity contribution < 1.29 is 9.53 Å². The molecule has 0 saturated carbocycles. The second-order valence-electron chi connectivity index (χ2n) is 6.14. The molecule has 1 aromatic rings. The van der Waals surface area contributed by atoms with Crippen LogP contribution in [0.2, 0.25) is 0 Å². The minimum Gasteiger partial charge on any atom is -0.450 e. The van der Waals surface area contributed by atoms with Crippen LogP contribution in [0, 0.1) is 12.8 Å². The van der Waals surface area contributed by atoms with E-state index in [1.807, 2.05) is 19.9 Å². The maximum atomic E-state index is 11.7. The second kappa shape index (κ2) is 7.99. The summed E-state index contributed by atoms with van der Waals surface area (Å²) in [5.74, 6) is 2.12. The van der Waals surface area contributed by atoms with Crippen molar-refractivity contribution in [2.45, 2.75) is 27.7 Å². The molecule has 0 spiro atoms. The van der Waals surface area contributed by atoms with Crippen LogP contribution >= 0.6 is 0 Å².